The van der Waals surface area contributed by atoms with Crippen molar-refractivity contribution in [2.75, 3.05) is 0 Å². The fourth-order valence-electron chi connectivity index (χ4n) is 2.79. The molecule has 2 N–H and O–H groups in total. The molecule has 0 saturated heterocycles. The van der Waals surface area contributed by atoms with Gasteiger partial charge in [0, 0.05) is 5.56 Å². The second kappa shape index (κ2) is 6.49. The smallest absolute Gasteiger partial charge is 0.322 e. The molecule has 0 aliphatic heterocycles. The minimum atomic E-state index is -1.99. The third-order valence-corrected chi connectivity index (χ3v) is 3.85. The molecule has 0 aromatic heterocycles. The summed E-state index contributed by atoms with van der Waals surface area (Å²) < 4.78 is 0. The molecule has 0 saturated carbocycles. The lowest BCUT2D eigenvalue weighted by Crippen LogP contribution is -2.23. The first-order chi connectivity index (χ1) is 11.3. The molecule has 24 heavy (non-hydrogen) atoms. The average molecular weight is 329 g/mol. The van der Waals surface area contributed by atoms with E-state index in [0.717, 1.165) is 5.56 Å². The molecule has 0 unspecified atom stereocenters. The third kappa shape index (κ3) is 2.96. The maximum atomic E-state index is 11.5. The fourth-order valence-corrected chi connectivity index (χ4v) is 2.79. The van der Waals surface area contributed by atoms with Gasteiger partial charge in [-0.3, -0.25) is 19.7 Å². The zero-order valence-electron chi connectivity index (χ0n) is 13.0. The summed E-state index contributed by atoms with van der Waals surface area (Å²) in [5.74, 6) is -5.27. The first kappa shape index (κ1) is 17.1. The zero-order valence-corrected chi connectivity index (χ0v) is 13.0. The van der Waals surface area contributed by atoms with Gasteiger partial charge in [0.1, 0.15) is 0 Å². The Morgan fingerprint density at radius 1 is 1.08 bits per heavy atom. The van der Waals surface area contributed by atoms with Gasteiger partial charge in [-0.1, -0.05) is 36.4 Å². The van der Waals surface area contributed by atoms with Crippen molar-refractivity contribution in [3.8, 4) is 11.1 Å². The topological polar surface area (TPSA) is 118 Å². The normalized spacial score (nSPS) is 10.6. The maximum Gasteiger partial charge on any atom is 0.322 e. The number of aryl methyl sites for hydroxylation is 1. The SMILES string of the molecule is Cc1cc(-c2ccccc2)c(C)c([N+](=O)[O-])c1C(C(=O)O)C(=O)O. The van der Waals surface area contributed by atoms with Gasteiger partial charge in [0.15, 0.2) is 5.92 Å². The number of nitro groups is 1. The molecule has 2 rings (SSSR count). The van der Waals surface area contributed by atoms with E-state index in [9.17, 15) is 29.9 Å². The van der Waals surface area contributed by atoms with Crippen LogP contribution in [0.3, 0.4) is 0 Å². The van der Waals surface area contributed by atoms with E-state index in [0.29, 0.717) is 5.56 Å². The van der Waals surface area contributed by atoms with Crippen molar-refractivity contribution in [2.45, 2.75) is 19.8 Å². The second-order valence-electron chi connectivity index (χ2n) is 5.36. The van der Waals surface area contributed by atoms with Gasteiger partial charge in [-0.05, 0) is 30.5 Å². The van der Waals surface area contributed by atoms with Crippen LogP contribution in [0, 0.1) is 24.0 Å². The van der Waals surface area contributed by atoms with E-state index in [4.69, 9.17) is 0 Å². The Labute approximate surface area is 137 Å². The number of benzene rings is 2. The van der Waals surface area contributed by atoms with Crippen molar-refractivity contribution in [3.05, 3.63) is 63.2 Å². The second-order valence-corrected chi connectivity index (χ2v) is 5.36. The Kier molecular flexibility index (Phi) is 4.64. The van der Waals surface area contributed by atoms with Gasteiger partial charge in [-0.15, -0.1) is 0 Å². The Hall–Kier alpha value is -3.22. The van der Waals surface area contributed by atoms with Gasteiger partial charge in [0.25, 0.3) is 5.69 Å². The molecule has 7 heteroatoms. The van der Waals surface area contributed by atoms with Crippen molar-refractivity contribution in [2.24, 2.45) is 0 Å². The van der Waals surface area contributed by atoms with Gasteiger partial charge >= 0.3 is 11.9 Å². The molecule has 124 valence electrons. The number of carboxylic acid groups (broad SMARTS) is 2. The van der Waals surface area contributed by atoms with E-state index in [1.165, 1.54) is 13.8 Å². The van der Waals surface area contributed by atoms with Crippen LogP contribution >= 0.6 is 0 Å². The summed E-state index contributed by atoms with van der Waals surface area (Å²) in [6, 6.07) is 10.5. The van der Waals surface area contributed by atoms with Gasteiger partial charge in [-0.25, -0.2) is 0 Å². The van der Waals surface area contributed by atoms with E-state index in [1.807, 2.05) is 0 Å². The molecule has 0 heterocycles. The number of carboxylic acids is 2. The summed E-state index contributed by atoms with van der Waals surface area (Å²) in [6.07, 6.45) is 0. The highest BCUT2D eigenvalue weighted by Gasteiger charge is 2.37. The summed E-state index contributed by atoms with van der Waals surface area (Å²) in [4.78, 5) is 33.5. The van der Waals surface area contributed by atoms with Crippen molar-refractivity contribution < 1.29 is 24.7 Å². The summed E-state index contributed by atoms with van der Waals surface area (Å²) in [5, 5.41) is 30.0. The predicted octanol–water partition coefficient (Wildman–Crippen LogP) is 3.13. The molecule has 0 spiro atoms. The van der Waals surface area contributed by atoms with E-state index in [-0.39, 0.29) is 16.7 Å². The minimum absolute atomic E-state index is 0.235. The molecule has 0 aliphatic carbocycles. The third-order valence-electron chi connectivity index (χ3n) is 3.85. The van der Waals surface area contributed by atoms with Crippen molar-refractivity contribution in [3.63, 3.8) is 0 Å². The highest BCUT2D eigenvalue weighted by Crippen LogP contribution is 2.39. The largest absolute Gasteiger partial charge is 0.480 e. The Morgan fingerprint density at radius 3 is 2.08 bits per heavy atom. The predicted molar refractivity (Wildman–Crippen MR) is 86.0 cm³/mol. The number of nitrogens with zero attached hydrogens (tertiary/aromatic N) is 1. The Balaban J connectivity index is 2.84. The molecule has 2 aromatic carbocycles. The van der Waals surface area contributed by atoms with E-state index in [1.54, 1.807) is 36.4 Å². The first-order valence-corrected chi connectivity index (χ1v) is 7.05. The number of carbonyl (C=O) groups is 2. The van der Waals surface area contributed by atoms with Crippen LogP contribution in [0.25, 0.3) is 11.1 Å². The van der Waals surface area contributed by atoms with Crippen LogP contribution in [-0.4, -0.2) is 27.1 Å². The number of hydrogen-bond donors (Lipinski definition) is 2. The van der Waals surface area contributed by atoms with Crippen LogP contribution in [0.2, 0.25) is 0 Å². The lowest BCUT2D eigenvalue weighted by atomic mass is 9.87. The van der Waals surface area contributed by atoms with Crippen molar-refractivity contribution in [1.82, 2.24) is 0 Å². The van der Waals surface area contributed by atoms with Crippen LogP contribution in [-0.2, 0) is 9.59 Å². The van der Waals surface area contributed by atoms with Gasteiger partial charge < -0.3 is 10.2 Å². The molecular formula is C17H15NO6. The summed E-state index contributed by atoms with van der Waals surface area (Å²) in [7, 11) is 0. The Morgan fingerprint density at radius 2 is 1.62 bits per heavy atom. The minimum Gasteiger partial charge on any atom is -0.480 e. The highest BCUT2D eigenvalue weighted by molar-refractivity contribution is 6.01. The molecule has 0 bridgehead atoms. The van der Waals surface area contributed by atoms with Crippen LogP contribution in [0.15, 0.2) is 36.4 Å². The molecule has 0 aliphatic rings. The molecule has 0 amide bonds. The molecule has 2 aromatic rings. The number of hydrogen-bond acceptors (Lipinski definition) is 4. The number of rotatable bonds is 5. The number of aliphatic carboxylic acids is 2. The van der Waals surface area contributed by atoms with Crippen LogP contribution in [0.4, 0.5) is 5.69 Å². The van der Waals surface area contributed by atoms with Crippen molar-refractivity contribution >= 4 is 17.6 Å². The van der Waals surface area contributed by atoms with Crippen LogP contribution in [0.5, 0.6) is 0 Å². The number of nitro benzene ring substituents is 1. The first-order valence-electron chi connectivity index (χ1n) is 7.05. The molecule has 0 fully saturated rings. The lowest BCUT2D eigenvalue weighted by molar-refractivity contribution is -0.386. The molecular weight excluding hydrogens is 314 g/mol. The average Bonchev–Trinajstić information content (AvgIpc) is 2.50. The van der Waals surface area contributed by atoms with Crippen LogP contribution in [0.1, 0.15) is 22.6 Å². The standard InChI is InChI=1S/C17H15NO6/c1-9-8-12(11-6-4-3-5-7-11)10(2)15(18(23)24)13(9)14(16(19)20)17(21)22/h3-8,14H,1-2H3,(H,19,20)(H,21,22). The summed E-state index contributed by atoms with van der Waals surface area (Å²) >= 11 is 0. The van der Waals surface area contributed by atoms with E-state index in [2.05, 4.69) is 0 Å². The quantitative estimate of drug-likeness (QED) is 0.494. The van der Waals surface area contributed by atoms with E-state index < -0.39 is 28.5 Å². The zero-order chi connectivity index (χ0) is 18.0. The van der Waals surface area contributed by atoms with Crippen molar-refractivity contribution in [1.29, 1.82) is 0 Å². The molecule has 7 nitrogen and oxygen atoms in total. The van der Waals surface area contributed by atoms with Gasteiger partial charge in [0.2, 0.25) is 0 Å². The summed E-state index contributed by atoms with van der Waals surface area (Å²) in [5.41, 5.74) is 1.02. The van der Waals surface area contributed by atoms with Gasteiger partial charge in [-0.2, -0.15) is 0 Å². The van der Waals surface area contributed by atoms with Gasteiger partial charge in [0.05, 0.1) is 10.5 Å². The monoisotopic (exact) mass is 329 g/mol. The molecule has 0 atom stereocenters. The highest BCUT2D eigenvalue weighted by atomic mass is 16.6. The lowest BCUT2D eigenvalue weighted by Gasteiger charge is -2.16. The van der Waals surface area contributed by atoms with Crippen LogP contribution < -0.4 is 0 Å². The van der Waals surface area contributed by atoms with E-state index >= 15 is 0 Å². The summed E-state index contributed by atoms with van der Waals surface area (Å²) in [6.45, 7) is 2.97. The Bertz CT molecular complexity index is 815. The fraction of sp³-hybridized carbons (Fsp3) is 0.176. The maximum absolute atomic E-state index is 11.5. The molecule has 0 radical (unpaired) electrons.